The Labute approximate surface area is 126 Å². The molecule has 1 N–H and O–H groups in total. The summed E-state index contributed by atoms with van der Waals surface area (Å²) >= 11 is 0. The van der Waals surface area contributed by atoms with Crippen LogP contribution in [0.1, 0.15) is 40.0 Å². The van der Waals surface area contributed by atoms with Crippen LogP contribution in [0.15, 0.2) is 23.1 Å². The van der Waals surface area contributed by atoms with Gasteiger partial charge in [-0.2, -0.15) is 8.42 Å². The maximum absolute atomic E-state index is 11.5. The van der Waals surface area contributed by atoms with Crippen LogP contribution in [-0.2, 0) is 10.1 Å². The second-order valence-corrected chi connectivity index (χ2v) is 8.38. The number of hydrogen-bond donors (Lipinski definition) is 1. The van der Waals surface area contributed by atoms with Crippen molar-refractivity contribution in [1.29, 1.82) is 0 Å². The van der Waals surface area contributed by atoms with Gasteiger partial charge >= 0.3 is 0 Å². The summed E-state index contributed by atoms with van der Waals surface area (Å²) in [6.45, 7) is 6.55. The molecule has 2 aliphatic carbocycles. The molecule has 2 aliphatic rings. The van der Waals surface area contributed by atoms with Gasteiger partial charge in [0, 0.05) is 17.4 Å². The highest BCUT2D eigenvalue weighted by atomic mass is 32.2. The second kappa shape index (κ2) is 4.46. The molecule has 0 saturated heterocycles. The van der Waals surface area contributed by atoms with Crippen molar-refractivity contribution < 1.29 is 17.7 Å². The van der Waals surface area contributed by atoms with Gasteiger partial charge in [0.15, 0.2) is 0 Å². The van der Waals surface area contributed by atoms with Gasteiger partial charge in [0.2, 0.25) is 0 Å². The minimum atomic E-state index is -4.30. The molecule has 0 spiro atoms. The zero-order valence-electron chi connectivity index (χ0n) is 12.6. The second-order valence-electron chi connectivity index (χ2n) is 6.99. The smallest absolute Gasteiger partial charge is 0.298 e. The van der Waals surface area contributed by atoms with Gasteiger partial charge in [-0.1, -0.05) is 39.3 Å². The first-order valence-electron chi connectivity index (χ1n) is 7.36. The maximum Gasteiger partial charge on any atom is 0.298 e. The predicted molar refractivity (Wildman–Crippen MR) is 78.7 cm³/mol. The van der Waals surface area contributed by atoms with Crippen LogP contribution in [0.25, 0.3) is 0 Å². The molecule has 1 aromatic rings. The van der Waals surface area contributed by atoms with E-state index in [1.54, 1.807) is 6.07 Å². The van der Waals surface area contributed by atoms with E-state index < -0.39 is 10.1 Å². The molecule has 0 aromatic heterocycles. The lowest BCUT2D eigenvalue weighted by Crippen LogP contribution is -2.31. The largest absolute Gasteiger partial charge is 0.484 e. The van der Waals surface area contributed by atoms with Crippen molar-refractivity contribution in [3.8, 4) is 5.75 Å². The van der Waals surface area contributed by atoms with Gasteiger partial charge in [-0.25, -0.2) is 0 Å². The summed E-state index contributed by atoms with van der Waals surface area (Å²) in [6, 6.07) is 7.33. The van der Waals surface area contributed by atoms with Gasteiger partial charge in [0.1, 0.15) is 16.2 Å². The molecule has 2 saturated carbocycles. The van der Waals surface area contributed by atoms with Gasteiger partial charge < -0.3 is 4.74 Å². The first-order valence-corrected chi connectivity index (χ1v) is 8.80. The van der Waals surface area contributed by atoms with E-state index in [1.807, 2.05) is 0 Å². The minimum absolute atomic E-state index is 0.0257. The average molecular weight is 309 g/mol. The third-order valence-electron chi connectivity index (χ3n) is 5.39. The molecule has 0 heterocycles. The lowest BCUT2D eigenvalue weighted by molar-refractivity contribution is 0.0811. The fourth-order valence-corrected chi connectivity index (χ4v) is 4.69. The van der Waals surface area contributed by atoms with E-state index in [4.69, 9.17) is 4.74 Å². The first-order chi connectivity index (χ1) is 9.68. The Morgan fingerprint density at radius 3 is 2.76 bits per heavy atom. The molecule has 3 rings (SSSR count). The highest BCUT2D eigenvalue weighted by Crippen LogP contribution is 2.70. The standard InChI is InChI=1S/C16H21O4S/c1-11-8-9-14-15(2,3)16(14,10-11)20-12-6-4-5-7-13(12)21(17,18)19/h4-5,7,11,14H,8-10H2,1-3H3,(H,17,18,19). The quantitative estimate of drug-likeness (QED) is 0.870. The predicted octanol–water partition coefficient (Wildman–Crippen LogP) is 3.33. The van der Waals surface area contributed by atoms with Crippen molar-refractivity contribution in [2.24, 2.45) is 17.3 Å². The minimum Gasteiger partial charge on any atom is -0.484 e. The van der Waals surface area contributed by atoms with E-state index >= 15 is 0 Å². The van der Waals surface area contributed by atoms with Crippen molar-refractivity contribution in [1.82, 2.24) is 0 Å². The highest BCUT2D eigenvalue weighted by Gasteiger charge is 2.74. The van der Waals surface area contributed by atoms with E-state index in [-0.39, 0.29) is 21.7 Å². The van der Waals surface area contributed by atoms with Gasteiger partial charge in [-0.05, 0) is 24.8 Å². The van der Waals surface area contributed by atoms with Crippen molar-refractivity contribution in [3.05, 3.63) is 24.3 Å². The Hall–Kier alpha value is -1.07. The van der Waals surface area contributed by atoms with E-state index in [1.165, 1.54) is 18.6 Å². The molecular weight excluding hydrogens is 288 g/mol. The Morgan fingerprint density at radius 2 is 2.10 bits per heavy atom. The van der Waals surface area contributed by atoms with Crippen LogP contribution >= 0.6 is 0 Å². The molecule has 3 atom stereocenters. The highest BCUT2D eigenvalue weighted by molar-refractivity contribution is 7.86. The maximum atomic E-state index is 11.5. The van der Waals surface area contributed by atoms with Crippen molar-refractivity contribution in [3.63, 3.8) is 0 Å². The summed E-state index contributed by atoms with van der Waals surface area (Å²) in [5.41, 5.74) is -0.306. The molecule has 5 heteroatoms. The summed E-state index contributed by atoms with van der Waals surface area (Å²) in [7, 11) is -4.30. The zero-order chi connectivity index (χ0) is 15.5. The van der Waals surface area contributed by atoms with Gasteiger partial charge in [-0.3, -0.25) is 4.55 Å². The van der Waals surface area contributed by atoms with Crippen LogP contribution in [-0.4, -0.2) is 18.6 Å². The molecule has 115 valence electrons. The molecule has 0 bridgehead atoms. The van der Waals surface area contributed by atoms with E-state index in [0.717, 1.165) is 12.8 Å². The zero-order valence-corrected chi connectivity index (χ0v) is 13.4. The molecular formula is C16H21O4S. The average Bonchev–Trinajstić information content (AvgIpc) is 2.83. The SMILES string of the molecule is CC1CCC2C(C)(C)C2(Oc2[c]cccc2S(=O)(=O)O)C1. The Kier molecular flexibility index (Phi) is 3.16. The van der Waals surface area contributed by atoms with Gasteiger partial charge in [0.05, 0.1) is 0 Å². The summed E-state index contributed by atoms with van der Waals surface area (Å²) in [6.07, 6.45) is 3.20. The van der Waals surface area contributed by atoms with Crippen LogP contribution in [0.5, 0.6) is 5.75 Å². The molecule has 4 nitrogen and oxygen atoms in total. The first kappa shape index (κ1) is 14.9. The topological polar surface area (TPSA) is 63.6 Å². The van der Waals surface area contributed by atoms with E-state index in [9.17, 15) is 13.0 Å². The third kappa shape index (κ3) is 2.18. The number of fused-ring (bicyclic) bond motifs is 1. The van der Waals surface area contributed by atoms with Gasteiger partial charge in [0.25, 0.3) is 10.1 Å². The monoisotopic (exact) mass is 309 g/mol. The van der Waals surface area contributed by atoms with Crippen molar-refractivity contribution >= 4 is 10.1 Å². The van der Waals surface area contributed by atoms with Gasteiger partial charge in [-0.15, -0.1) is 0 Å². The number of ether oxygens (including phenoxy) is 1. The summed E-state index contributed by atoms with van der Waals surface area (Å²) in [5.74, 6) is 1.13. The fourth-order valence-electron chi connectivity index (χ4n) is 4.11. The summed E-state index contributed by atoms with van der Waals surface area (Å²) in [5, 5.41) is 0. The lowest BCUT2D eigenvalue weighted by Gasteiger charge is -2.29. The Balaban J connectivity index is 1.98. The molecule has 1 aromatic carbocycles. The fraction of sp³-hybridized carbons (Fsp3) is 0.625. The van der Waals surface area contributed by atoms with Crippen LogP contribution in [0.3, 0.4) is 0 Å². The molecule has 0 aliphatic heterocycles. The number of rotatable bonds is 3. The summed E-state index contributed by atoms with van der Waals surface area (Å²) < 4.78 is 38.5. The van der Waals surface area contributed by atoms with Crippen LogP contribution in [0.4, 0.5) is 0 Å². The molecule has 1 radical (unpaired) electrons. The number of hydrogen-bond acceptors (Lipinski definition) is 3. The molecule has 3 unspecified atom stereocenters. The Bertz CT molecular complexity index is 665. The molecule has 0 amide bonds. The lowest BCUT2D eigenvalue weighted by atomic mass is 9.88. The van der Waals surface area contributed by atoms with Crippen LogP contribution in [0, 0.1) is 23.3 Å². The number of para-hydroxylation sites is 1. The van der Waals surface area contributed by atoms with E-state index in [0.29, 0.717) is 11.8 Å². The molecule has 21 heavy (non-hydrogen) atoms. The van der Waals surface area contributed by atoms with Crippen LogP contribution in [0.2, 0.25) is 0 Å². The molecule has 2 fully saturated rings. The van der Waals surface area contributed by atoms with Crippen LogP contribution < -0.4 is 4.74 Å². The normalized spacial score (nSPS) is 34.1. The number of benzene rings is 1. The van der Waals surface area contributed by atoms with Crippen molar-refractivity contribution in [2.45, 2.75) is 50.5 Å². The van der Waals surface area contributed by atoms with Crippen molar-refractivity contribution in [2.75, 3.05) is 0 Å². The Morgan fingerprint density at radius 1 is 1.38 bits per heavy atom. The van der Waals surface area contributed by atoms with E-state index in [2.05, 4.69) is 26.8 Å². The third-order valence-corrected chi connectivity index (χ3v) is 6.26. The summed E-state index contributed by atoms with van der Waals surface area (Å²) in [4.78, 5) is -0.195.